The predicted molar refractivity (Wildman–Crippen MR) is 79.7 cm³/mol. The first-order valence-corrected chi connectivity index (χ1v) is 6.50. The van der Waals surface area contributed by atoms with Gasteiger partial charge in [-0.25, -0.2) is 4.79 Å². The molecule has 0 aliphatic carbocycles. The first-order chi connectivity index (χ1) is 10.2. The Morgan fingerprint density at radius 1 is 1.05 bits per heavy atom. The van der Waals surface area contributed by atoms with Gasteiger partial charge in [-0.1, -0.05) is 30.3 Å². The third-order valence-corrected chi connectivity index (χ3v) is 3.39. The molecule has 3 rings (SSSR count). The molecule has 0 radical (unpaired) electrons. The molecule has 0 bridgehead atoms. The first kappa shape index (κ1) is 13.1. The highest BCUT2D eigenvalue weighted by Gasteiger charge is 2.18. The zero-order valence-electron chi connectivity index (χ0n) is 11.4. The van der Waals surface area contributed by atoms with E-state index in [0.717, 1.165) is 15.5 Å². The molecule has 1 heterocycles. The molecule has 0 aliphatic rings. The van der Waals surface area contributed by atoms with Crippen LogP contribution >= 0.6 is 0 Å². The Bertz CT molecular complexity index is 827. The van der Waals surface area contributed by atoms with Crippen molar-refractivity contribution >= 4 is 16.7 Å². The van der Waals surface area contributed by atoms with Gasteiger partial charge in [0, 0.05) is 11.5 Å². The van der Waals surface area contributed by atoms with E-state index in [0.29, 0.717) is 16.8 Å². The lowest BCUT2D eigenvalue weighted by Gasteiger charge is -2.09. The van der Waals surface area contributed by atoms with E-state index in [9.17, 15) is 10.0 Å². The van der Waals surface area contributed by atoms with Crippen LogP contribution in [0.5, 0.6) is 0 Å². The van der Waals surface area contributed by atoms with Crippen molar-refractivity contribution in [3.05, 3.63) is 71.6 Å². The van der Waals surface area contributed by atoms with Crippen molar-refractivity contribution in [1.29, 1.82) is 0 Å². The molecular weight excluding hydrogens is 266 g/mol. The number of benzene rings is 2. The van der Waals surface area contributed by atoms with Gasteiger partial charge in [0.05, 0.1) is 18.2 Å². The lowest BCUT2D eigenvalue weighted by Crippen LogP contribution is -2.29. The van der Waals surface area contributed by atoms with Crippen molar-refractivity contribution in [3.63, 3.8) is 0 Å². The second-order valence-corrected chi connectivity index (χ2v) is 4.65. The van der Waals surface area contributed by atoms with Gasteiger partial charge in [0.2, 0.25) is 5.69 Å². The smallest absolute Gasteiger partial charge is 0.338 e. The number of aromatic nitrogens is 1. The summed E-state index contributed by atoms with van der Waals surface area (Å²) in [7, 11) is 1.32. The number of fused-ring (bicyclic) bond motifs is 1. The van der Waals surface area contributed by atoms with E-state index < -0.39 is 5.97 Å². The van der Waals surface area contributed by atoms with Crippen LogP contribution in [0.25, 0.3) is 22.0 Å². The molecule has 4 heteroatoms. The van der Waals surface area contributed by atoms with Crippen LogP contribution in [0.2, 0.25) is 0 Å². The van der Waals surface area contributed by atoms with Gasteiger partial charge in [-0.3, -0.25) is 0 Å². The Balaban J connectivity index is 2.25. The van der Waals surface area contributed by atoms with Crippen LogP contribution in [0.1, 0.15) is 10.4 Å². The minimum atomic E-state index is -0.459. The second kappa shape index (κ2) is 5.25. The summed E-state index contributed by atoms with van der Waals surface area (Å²) in [6.07, 6.45) is 1.51. The highest BCUT2D eigenvalue weighted by Crippen LogP contribution is 2.24. The average molecular weight is 279 g/mol. The summed E-state index contributed by atoms with van der Waals surface area (Å²) < 4.78 is 5.56. The molecule has 0 N–H and O–H groups in total. The van der Waals surface area contributed by atoms with Crippen molar-refractivity contribution in [3.8, 4) is 11.3 Å². The minimum Gasteiger partial charge on any atom is -0.618 e. The molecule has 0 saturated heterocycles. The Morgan fingerprint density at radius 2 is 1.71 bits per heavy atom. The number of hydrogen-bond acceptors (Lipinski definition) is 3. The quantitative estimate of drug-likeness (QED) is 0.412. The van der Waals surface area contributed by atoms with Gasteiger partial charge in [-0.15, -0.1) is 0 Å². The maximum atomic E-state index is 12.3. The molecule has 1 aromatic heterocycles. The monoisotopic (exact) mass is 279 g/mol. The number of carbonyl (C=O) groups excluding carboxylic acids is 1. The Labute approximate surface area is 121 Å². The number of ether oxygens (including phenoxy) is 1. The fourth-order valence-corrected chi connectivity index (χ4v) is 2.36. The molecule has 0 fully saturated rings. The van der Waals surface area contributed by atoms with E-state index in [1.165, 1.54) is 13.3 Å². The van der Waals surface area contributed by atoms with Gasteiger partial charge in [0.15, 0.2) is 6.20 Å². The SMILES string of the molecule is COC(=O)c1ccccc1-c1cc2ccccc2c[n+]1[O-]. The number of nitrogens with zero attached hydrogens (tertiary/aromatic N) is 1. The molecule has 0 amide bonds. The van der Waals surface area contributed by atoms with Gasteiger partial charge >= 0.3 is 5.97 Å². The summed E-state index contributed by atoms with van der Waals surface area (Å²) in [5.74, 6) is -0.459. The van der Waals surface area contributed by atoms with E-state index in [-0.39, 0.29) is 0 Å². The van der Waals surface area contributed by atoms with Crippen molar-refractivity contribution < 1.29 is 14.3 Å². The van der Waals surface area contributed by atoms with E-state index in [2.05, 4.69) is 0 Å². The highest BCUT2D eigenvalue weighted by molar-refractivity contribution is 5.97. The maximum Gasteiger partial charge on any atom is 0.338 e. The maximum absolute atomic E-state index is 12.3. The molecule has 104 valence electrons. The largest absolute Gasteiger partial charge is 0.618 e. The van der Waals surface area contributed by atoms with Gasteiger partial charge in [0.25, 0.3) is 0 Å². The summed E-state index contributed by atoms with van der Waals surface area (Å²) >= 11 is 0. The van der Waals surface area contributed by atoms with Crippen LogP contribution in [-0.4, -0.2) is 13.1 Å². The Hall–Kier alpha value is -2.88. The van der Waals surface area contributed by atoms with E-state index in [4.69, 9.17) is 4.74 Å². The second-order valence-electron chi connectivity index (χ2n) is 4.65. The van der Waals surface area contributed by atoms with Gasteiger partial charge in [0.1, 0.15) is 0 Å². The summed E-state index contributed by atoms with van der Waals surface area (Å²) in [6.45, 7) is 0. The van der Waals surface area contributed by atoms with Crippen LogP contribution in [0.15, 0.2) is 60.8 Å². The first-order valence-electron chi connectivity index (χ1n) is 6.50. The summed E-state index contributed by atoms with van der Waals surface area (Å²) in [5, 5.41) is 14.1. The van der Waals surface area contributed by atoms with Crippen LogP contribution < -0.4 is 4.73 Å². The molecule has 0 saturated carbocycles. The predicted octanol–water partition coefficient (Wildman–Crippen LogP) is 2.93. The standard InChI is InChI=1S/C17H13NO3/c1-21-17(19)15-9-5-4-8-14(15)16-10-12-6-2-3-7-13(12)11-18(16)20/h2-11H,1H3. The van der Waals surface area contributed by atoms with Crippen molar-refractivity contribution in [2.75, 3.05) is 7.11 Å². The number of esters is 1. The lowest BCUT2D eigenvalue weighted by atomic mass is 10.0. The fourth-order valence-electron chi connectivity index (χ4n) is 2.36. The third kappa shape index (κ3) is 2.31. The zero-order chi connectivity index (χ0) is 14.8. The average Bonchev–Trinajstić information content (AvgIpc) is 2.53. The molecule has 2 aromatic carbocycles. The van der Waals surface area contributed by atoms with Crippen molar-refractivity contribution in [1.82, 2.24) is 0 Å². The third-order valence-electron chi connectivity index (χ3n) is 3.39. The Morgan fingerprint density at radius 3 is 2.48 bits per heavy atom. The topological polar surface area (TPSA) is 53.2 Å². The van der Waals surface area contributed by atoms with Gasteiger partial charge in [-0.2, -0.15) is 4.73 Å². The molecule has 0 aliphatic heterocycles. The number of pyridine rings is 1. The van der Waals surface area contributed by atoms with E-state index in [1.807, 2.05) is 24.3 Å². The normalized spacial score (nSPS) is 10.5. The van der Waals surface area contributed by atoms with Crippen LogP contribution in [-0.2, 0) is 4.74 Å². The highest BCUT2D eigenvalue weighted by atomic mass is 16.5. The van der Waals surface area contributed by atoms with E-state index in [1.54, 1.807) is 30.3 Å². The van der Waals surface area contributed by atoms with Crippen LogP contribution in [0.3, 0.4) is 0 Å². The zero-order valence-corrected chi connectivity index (χ0v) is 11.4. The van der Waals surface area contributed by atoms with Crippen molar-refractivity contribution in [2.45, 2.75) is 0 Å². The molecular formula is C17H13NO3. The number of hydrogen-bond donors (Lipinski definition) is 0. The van der Waals surface area contributed by atoms with E-state index >= 15 is 0 Å². The Kier molecular flexibility index (Phi) is 3.28. The van der Waals surface area contributed by atoms with Gasteiger partial charge < -0.3 is 9.94 Å². The number of methoxy groups -OCH3 is 1. The fraction of sp³-hybridized carbons (Fsp3) is 0.0588. The van der Waals surface area contributed by atoms with Crippen LogP contribution in [0, 0.1) is 5.21 Å². The molecule has 3 aromatic rings. The van der Waals surface area contributed by atoms with Gasteiger partial charge in [-0.05, 0) is 23.6 Å². The summed E-state index contributed by atoms with van der Waals surface area (Å²) in [5.41, 5.74) is 1.36. The molecule has 0 atom stereocenters. The minimum absolute atomic E-state index is 0.375. The number of rotatable bonds is 2. The van der Waals surface area contributed by atoms with Crippen LogP contribution in [0.4, 0.5) is 0 Å². The number of carbonyl (C=O) groups is 1. The summed E-state index contributed by atoms with van der Waals surface area (Å²) in [4.78, 5) is 11.8. The van der Waals surface area contributed by atoms with Crippen molar-refractivity contribution in [2.24, 2.45) is 0 Å². The molecule has 21 heavy (non-hydrogen) atoms. The lowest BCUT2D eigenvalue weighted by molar-refractivity contribution is -0.592. The molecule has 0 spiro atoms. The molecule has 4 nitrogen and oxygen atoms in total. The summed E-state index contributed by atoms with van der Waals surface area (Å²) in [6, 6.07) is 16.3. The molecule has 0 unspecified atom stereocenters.